The molecule has 0 amide bonds. The zero-order valence-corrected chi connectivity index (χ0v) is 14.4. The van der Waals surface area contributed by atoms with Gasteiger partial charge in [-0.05, 0) is 22.8 Å². The fraction of sp³-hybridized carbons (Fsp3) is 0.350. The van der Waals surface area contributed by atoms with Gasteiger partial charge in [0.15, 0.2) is 5.78 Å². The van der Waals surface area contributed by atoms with Crippen molar-refractivity contribution in [3.05, 3.63) is 63.7 Å². The van der Waals surface area contributed by atoms with E-state index in [0.717, 1.165) is 0 Å². The number of carbonyl (C=O) groups is 1. The second-order valence-corrected chi connectivity index (χ2v) is 6.93. The van der Waals surface area contributed by atoms with Crippen LogP contribution in [0.25, 0.3) is 0 Å². The zero-order valence-electron chi connectivity index (χ0n) is 14.4. The molecular weight excluding hydrogens is 336 g/mol. The van der Waals surface area contributed by atoms with Crippen molar-refractivity contribution in [3.8, 4) is 5.75 Å². The lowest BCUT2D eigenvalue weighted by molar-refractivity contribution is -0.0701. The van der Waals surface area contributed by atoms with Gasteiger partial charge in [-0.3, -0.25) is 4.79 Å². The van der Waals surface area contributed by atoms with Gasteiger partial charge in [0.05, 0.1) is 24.9 Å². The summed E-state index contributed by atoms with van der Waals surface area (Å²) in [5.41, 5.74) is 1.80. The minimum atomic E-state index is -1.30. The van der Waals surface area contributed by atoms with Crippen LogP contribution in [-0.2, 0) is 0 Å². The van der Waals surface area contributed by atoms with E-state index in [9.17, 15) is 25.2 Å². The van der Waals surface area contributed by atoms with Gasteiger partial charge < -0.3 is 25.2 Å². The van der Waals surface area contributed by atoms with E-state index in [-0.39, 0.29) is 28.0 Å². The highest BCUT2D eigenvalue weighted by atomic mass is 16.5. The first-order chi connectivity index (χ1) is 12.4. The Morgan fingerprint density at radius 1 is 0.923 bits per heavy atom. The summed E-state index contributed by atoms with van der Waals surface area (Å²) in [5, 5.41) is 42.4. The third-order valence-corrected chi connectivity index (χ3v) is 5.61. The second-order valence-electron chi connectivity index (χ2n) is 6.93. The van der Waals surface area contributed by atoms with Crippen LogP contribution in [0.4, 0.5) is 0 Å². The quantitative estimate of drug-likeness (QED) is 0.615. The summed E-state index contributed by atoms with van der Waals surface area (Å²) in [5.74, 6) is -0.529. The molecule has 0 fully saturated rings. The Hall–Kier alpha value is -2.25. The van der Waals surface area contributed by atoms with Gasteiger partial charge in [-0.25, -0.2) is 0 Å². The van der Waals surface area contributed by atoms with E-state index in [1.165, 1.54) is 7.11 Å². The summed E-state index contributed by atoms with van der Waals surface area (Å²) in [4.78, 5) is 13.1. The lowest BCUT2D eigenvalue weighted by atomic mass is 9.71. The van der Waals surface area contributed by atoms with Crippen LogP contribution in [0, 0.1) is 5.92 Å². The molecule has 5 unspecified atom stereocenters. The van der Waals surface area contributed by atoms with Gasteiger partial charge in [-0.2, -0.15) is 0 Å². The summed E-state index contributed by atoms with van der Waals surface area (Å²) in [7, 11) is 1.45. The number of aliphatic hydroxyl groups excluding tert-OH is 4. The van der Waals surface area contributed by atoms with Crippen molar-refractivity contribution < 1.29 is 30.0 Å². The Balaban J connectivity index is 2.00. The average Bonchev–Trinajstić information content (AvgIpc) is 2.67. The molecular formula is C20H20O6. The average molecular weight is 356 g/mol. The number of hydrogen-bond donors (Lipinski definition) is 4. The Morgan fingerprint density at radius 2 is 1.65 bits per heavy atom. The maximum atomic E-state index is 13.1. The van der Waals surface area contributed by atoms with Gasteiger partial charge in [0.25, 0.3) is 0 Å². The molecule has 0 heterocycles. The maximum Gasteiger partial charge on any atom is 0.197 e. The number of fused-ring (bicyclic) bond motifs is 4. The summed E-state index contributed by atoms with van der Waals surface area (Å²) in [6, 6.07) is 8.09. The smallest absolute Gasteiger partial charge is 0.197 e. The number of ether oxygens (including phenoxy) is 1. The monoisotopic (exact) mass is 356 g/mol. The summed E-state index contributed by atoms with van der Waals surface area (Å²) < 4.78 is 5.27. The summed E-state index contributed by atoms with van der Waals surface area (Å²) >= 11 is 0. The number of hydrogen-bond acceptors (Lipinski definition) is 6. The molecule has 6 heteroatoms. The van der Waals surface area contributed by atoms with Gasteiger partial charge in [0.1, 0.15) is 18.0 Å². The van der Waals surface area contributed by atoms with Gasteiger partial charge in [0, 0.05) is 17.0 Å². The van der Waals surface area contributed by atoms with Crippen molar-refractivity contribution in [2.45, 2.75) is 31.3 Å². The van der Waals surface area contributed by atoms with Crippen molar-refractivity contribution in [1.29, 1.82) is 0 Å². The highest BCUT2D eigenvalue weighted by Gasteiger charge is 2.43. The van der Waals surface area contributed by atoms with Crippen LogP contribution in [0.2, 0.25) is 0 Å². The number of ketones is 1. The largest absolute Gasteiger partial charge is 0.496 e. The Labute approximate surface area is 150 Å². The Morgan fingerprint density at radius 3 is 2.35 bits per heavy atom. The molecule has 0 aliphatic heterocycles. The van der Waals surface area contributed by atoms with Crippen LogP contribution >= 0.6 is 0 Å². The number of aliphatic hydroxyl groups is 4. The predicted molar refractivity (Wildman–Crippen MR) is 92.0 cm³/mol. The molecule has 0 radical (unpaired) electrons. The standard InChI is InChI=1S/C20H20O6/c1-8-16(21)10-6-7-11-14(15(10)20(25)17(8)22)19(24)9-4-3-5-12(26-2)13(9)18(11)23/h3-8,16-17,19-22,24-25H,1-2H3. The number of benzene rings is 2. The van der Waals surface area contributed by atoms with Crippen LogP contribution < -0.4 is 4.74 Å². The molecule has 2 aliphatic carbocycles. The van der Waals surface area contributed by atoms with Crippen LogP contribution in [0.5, 0.6) is 5.75 Å². The summed E-state index contributed by atoms with van der Waals surface area (Å²) in [6.07, 6.45) is -4.67. The molecule has 6 nitrogen and oxygen atoms in total. The number of methoxy groups -OCH3 is 1. The lowest BCUT2D eigenvalue weighted by Gasteiger charge is -2.39. The van der Waals surface area contributed by atoms with E-state index in [2.05, 4.69) is 0 Å². The normalized spacial score (nSPS) is 29.6. The van der Waals surface area contributed by atoms with E-state index in [4.69, 9.17) is 4.74 Å². The molecule has 26 heavy (non-hydrogen) atoms. The SMILES string of the molecule is COc1cccc2c1C(=O)c1ccc3c(c1C2O)C(O)C(O)C(C)C3O. The van der Waals surface area contributed by atoms with E-state index in [0.29, 0.717) is 16.9 Å². The van der Waals surface area contributed by atoms with Crippen molar-refractivity contribution in [3.63, 3.8) is 0 Å². The molecule has 0 bridgehead atoms. The number of carbonyl (C=O) groups excluding carboxylic acids is 1. The van der Waals surface area contributed by atoms with Crippen LogP contribution in [0.1, 0.15) is 63.4 Å². The highest BCUT2D eigenvalue weighted by Crippen LogP contribution is 2.48. The van der Waals surface area contributed by atoms with E-state index in [1.54, 1.807) is 37.3 Å². The first-order valence-corrected chi connectivity index (χ1v) is 8.49. The molecule has 0 spiro atoms. The molecule has 0 aromatic heterocycles. The Kier molecular flexibility index (Phi) is 3.89. The molecule has 2 aromatic carbocycles. The Bertz CT molecular complexity index is 905. The maximum absolute atomic E-state index is 13.1. The van der Waals surface area contributed by atoms with Crippen molar-refractivity contribution in [2.75, 3.05) is 7.11 Å². The van der Waals surface area contributed by atoms with Crippen molar-refractivity contribution >= 4 is 5.78 Å². The molecule has 0 saturated heterocycles. The third kappa shape index (κ3) is 2.10. The van der Waals surface area contributed by atoms with Gasteiger partial charge in [-0.15, -0.1) is 0 Å². The molecule has 4 N–H and O–H groups in total. The summed E-state index contributed by atoms with van der Waals surface area (Å²) in [6.45, 7) is 1.64. The predicted octanol–water partition coefficient (Wildman–Crippen LogP) is 1.40. The minimum absolute atomic E-state index is 0.231. The molecule has 2 aromatic rings. The van der Waals surface area contributed by atoms with Gasteiger partial charge in [0.2, 0.25) is 0 Å². The van der Waals surface area contributed by atoms with E-state index < -0.39 is 30.3 Å². The molecule has 4 rings (SSSR count). The van der Waals surface area contributed by atoms with Crippen LogP contribution in [0.15, 0.2) is 30.3 Å². The fourth-order valence-corrected chi connectivity index (χ4v) is 4.14. The van der Waals surface area contributed by atoms with Crippen molar-refractivity contribution in [2.24, 2.45) is 5.92 Å². The first-order valence-electron chi connectivity index (χ1n) is 8.49. The zero-order chi connectivity index (χ0) is 18.7. The first kappa shape index (κ1) is 17.2. The van der Waals surface area contributed by atoms with E-state index >= 15 is 0 Å². The molecule has 136 valence electrons. The van der Waals surface area contributed by atoms with E-state index in [1.807, 2.05) is 0 Å². The third-order valence-electron chi connectivity index (χ3n) is 5.61. The van der Waals surface area contributed by atoms with Crippen LogP contribution in [0.3, 0.4) is 0 Å². The lowest BCUT2D eigenvalue weighted by Crippen LogP contribution is -2.38. The highest BCUT2D eigenvalue weighted by molar-refractivity contribution is 6.14. The topological polar surface area (TPSA) is 107 Å². The second kappa shape index (κ2) is 5.89. The molecule has 5 atom stereocenters. The minimum Gasteiger partial charge on any atom is -0.496 e. The van der Waals surface area contributed by atoms with Gasteiger partial charge >= 0.3 is 0 Å². The number of rotatable bonds is 1. The van der Waals surface area contributed by atoms with Crippen molar-refractivity contribution in [1.82, 2.24) is 0 Å². The van der Waals surface area contributed by atoms with Gasteiger partial charge in [-0.1, -0.05) is 31.2 Å². The fourth-order valence-electron chi connectivity index (χ4n) is 4.14. The molecule has 2 aliphatic rings. The molecule has 0 saturated carbocycles. The van der Waals surface area contributed by atoms with Crippen LogP contribution in [-0.4, -0.2) is 39.4 Å².